The molecule has 1 atom stereocenters. The van der Waals surface area contributed by atoms with E-state index in [9.17, 15) is 8.42 Å². The summed E-state index contributed by atoms with van der Waals surface area (Å²) in [6.07, 6.45) is 0. The second-order valence-corrected chi connectivity index (χ2v) is 15.2. The highest BCUT2D eigenvalue weighted by atomic mass is 32.2. The summed E-state index contributed by atoms with van der Waals surface area (Å²) in [5.74, 6) is 0.472. The van der Waals surface area contributed by atoms with Gasteiger partial charge in [-0.1, -0.05) is 147 Å². The number of furan rings is 1. The average molecular weight is 737 g/mol. The third kappa shape index (κ3) is 6.49. The second-order valence-electron chi connectivity index (χ2n) is 13.3. The molecule has 0 amide bonds. The van der Waals surface area contributed by atoms with E-state index in [1.165, 1.54) is 0 Å². The lowest BCUT2D eigenvalue weighted by Gasteiger charge is -2.14. The molecule has 1 aliphatic rings. The van der Waals surface area contributed by atoms with Gasteiger partial charge in [-0.3, -0.25) is 4.99 Å². The van der Waals surface area contributed by atoms with Gasteiger partial charge in [-0.2, -0.15) is 0 Å². The summed E-state index contributed by atoms with van der Waals surface area (Å²) in [4.78, 5) is 10.9. The molecule has 1 unspecified atom stereocenters. The fourth-order valence-electron chi connectivity index (χ4n) is 7.39. The third-order valence-corrected chi connectivity index (χ3v) is 11.9. The highest BCUT2D eigenvalue weighted by Crippen LogP contribution is 2.48. The van der Waals surface area contributed by atoms with E-state index in [-0.39, 0.29) is 15.8 Å². The zero-order chi connectivity index (χ0) is 38.1. The van der Waals surface area contributed by atoms with Crippen LogP contribution >= 0.6 is 0 Å². The summed E-state index contributed by atoms with van der Waals surface area (Å²) in [5, 5.41) is 2.01. The van der Waals surface area contributed by atoms with E-state index in [4.69, 9.17) is 14.4 Å². The number of aliphatic imine (C=N–C) groups is 2. The molecule has 270 valence electrons. The van der Waals surface area contributed by atoms with E-state index < -0.39 is 9.84 Å². The van der Waals surface area contributed by atoms with Crippen LogP contribution in [0.15, 0.2) is 188 Å². The van der Waals surface area contributed by atoms with Gasteiger partial charge in [0, 0.05) is 33.2 Å². The van der Waals surface area contributed by atoms with Gasteiger partial charge in [-0.05, 0) is 77.6 Å². The van der Waals surface area contributed by atoms with Crippen molar-refractivity contribution in [2.45, 2.75) is 43.5 Å². The van der Waals surface area contributed by atoms with Gasteiger partial charge in [0.15, 0.2) is 5.84 Å². The van der Waals surface area contributed by atoms with Crippen LogP contribution in [0.25, 0.3) is 55.3 Å². The van der Waals surface area contributed by atoms with Crippen molar-refractivity contribution < 1.29 is 12.8 Å². The Morgan fingerprint density at radius 3 is 2.00 bits per heavy atom. The fourth-order valence-corrected chi connectivity index (χ4v) is 9.07. The summed E-state index contributed by atoms with van der Waals surface area (Å²) in [6.45, 7) is 8.01. The molecule has 0 spiro atoms. The molecule has 0 aliphatic carbocycles. The van der Waals surface area contributed by atoms with Crippen LogP contribution in [0.1, 0.15) is 50.4 Å². The molecule has 0 N–H and O–H groups in total. The highest BCUT2D eigenvalue weighted by molar-refractivity contribution is 7.92. The maximum absolute atomic E-state index is 14.2. The molecule has 6 heteroatoms. The molecule has 0 saturated heterocycles. The molecular weight excluding hydrogens is 697 g/mol. The van der Waals surface area contributed by atoms with Gasteiger partial charge in [0.25, 0.3) is 0 Å². The first-order valence-corrected chi connectivity index (χ1v) is 20.1. The lowest BCUT2D eigenvalue weighted by atomic mass is 9.93. The fraction of sp³-hybridized carbons (Fsp3) is 0.102. The molecular formula is C49H40N2O3S. The topological polar surface area (TPSA) is 72.0 Å². The Kier molecular flexibility index (Phi) is 9.60. The monoisotopic (exact) mass is 736 g/mol. The van der Waals surface area contributed by atoms with Crippen molar-refractivity contribution in [1.29, 1.82) is 0 Å². The second kappa shape index (κ2) is 14.8. The Morgan fingerprint density at radius 2 is 1.24 bits per heavy atom. The van der Waals surface area contributed by atoms with Crippen LogP contribution in [-0.2, 0) is 9.84 Å². The summed E-state index contributed by atoms with van der Waals surface area (Å²) in [5.41, 5.74) is 10.4. The van der Waals surface area contributed by atoms with E-state index >= 15 is 0 Å². The van der Waals surface area contributed by atoms with Crippen LogP contribution in [0.4, 0.5) is 0 Å². The first-order chi connectivity index (χ1) is 26.9. The van der Waals surface area contributed by atoms with Crippen LogP contribution in [0.5, 0.6) is 0 Å². The molecule has 0 saturated carbocycles. The molecule has 0 fully saturated rings. The SMILES string of the molecule is CC.CC(=NC(=NC(C)c1ccccc1)c1cccc2c1-c1cc(-c3cccc4oc5ccccc5c34)ccc1S2(=O)=O)c1ccc(-c2ccccc2)cc1. The highest BCUT2D eigenvalue weighted by Gasteiger charge is 2.36. The number of hydrogen-bond acceptors (Lipinski definition) is 4. The first-order valence-electron chi connectivity index (χ1n) is 18.6. The number of para-hydroxylation sites is 1. The molecule has 9 rings (SSSR count). The van der Waals surface area contributed by atoms with Crippen LogP contribution in [-0.4, -0.2) is 20.0 Å². The van der Waals surface area contributed by atoms with E-state index in [1.54, 1.807) is 18.2 Å². The molecule has 2 heterocycles. The normalized spacial score (nSPS) is 13.9. The molecule has 7 aromatic carbocycles. The van der Waals surface area contributed by atoms with Crippen molar-refractivity contribution in [2.24, 2.45) is 9.98 Å². The van der Waals surface area contributed by atoms with E-state index in [2.05, 4.69) is 48.5 Å². The van der Waals surface area contributed by atoms with Gasteiger partial charge < -0.3 is 4.42 Å². The number of benzene rings is 7. The van der Waals surface area contributed by atoms with Gasteiger partial charge >= 0.3 is 0 Å². The molecule has 1 aliphatic heterocycles. The Balaban J connectivity index is 0.00000210. The predicted octanol–water partition coefficient (Wildman–Crippen LogP) is 12.8. The van der Waals surface area contributed by atoms with Crippen LogP contribution in [0, 0.1) is 0 Å². The van der Waals surface area contributed by atoms with E-state index in [0.717, 1.165) is 61.0 Å². The summed E-state index contributed by atoms with van der Waals surface area (Å²) in [7, 11) is -3.80. The van der Waals surface area contributed by atoms with Crippen LogP contribution in [0.2, 0.25) is 0 Å². The van der Waals surface area contributed by atoms with Crippen molar-refractivity contribution in [3.05, 3.63) is 180 Å². The molecule has 8 aromatic rings. The number of rotatable bonds is 6. The number of fused-ring (bicyclic) bond motifs is 6. The van der Waals surface area contributed by atoms with E-state index in [0.29, 0.717) is 22.5 Å². The molecule has 0 radical (unpaired) electrons. The van der Waals surface area contributed by atoms with Crippen molar-refractivity contribution in [3.8, 4) is 33.4 Å². The summed E-state index contributed by atoms with van der Waals surface area (Å²) < 4.78 is 34.6. The number of hydrogen-bond donors (Lipinski definition) is 0. The Morgan fingerprint density at radius 1 is 0.600 bits per heavy atom. The number of nitrogens with zero attached hydrogens (tertiary/aromatic N) is 2. The molecule has 55 heavy (non-hydrogen) atoms. The molecule has 5 nitrogen and oxygen atoms in total. The Hall–Kier alpha value is -6.37. The Bertz CT molecular complexity index is 2860. The quantitative estimate of drug-likeness (QED) is 0.126. The van der Waals surface area contributed by atoms with Gasteiger partial charge in [-0.25, -0.2) is 13.4 Å². The first kappa shape index (κ1) is 35.6. The standard InChI is InChI=1S/C47H34N2O3S.C2H6/c1-30(32-13-5-3-6-14-32)48-47(49-31(2)33-23-25-35(26-24-33)34-15-7-4-8-16-34)39-19-12-22-44-46(39)40-29-36(27-28-43(40)53(44,50)51)37-18-11-21-42-45(37)38-17-9-10-20-41(38)52-42;1-2/h3-30H,1-2H3;1-2H3. The van der Waals surface area contributed by atoms with Crippen molar-refractivity contribution in [3.63, 3.8) is 0 Å². The largest absolute Gasteiger partial charge is 0.456 e. The molecule has 1 aromatic heterocycles. The number of amidine groups is 1. The average Bonchev–Trinajstić information content (AvgIpc) is 3.73. The lowest BCUT2D eigenvalue weighted by Crippen LogP contribution is -2.08. The Labute approximate surface area is 322 Å². The van der Waals surface area contributed by atoms with Gasteiger partial charge in [0.1, 0.15) is 11.2 Å². The van der Waals surface area contributed by atoms with Crippen molar-refractivity contribution >= 4 is 43.3 Å². The molecule has 0 bridgehead atoms. The predicted molar refractivity (Wildman–Crippen MR) is 227 cm³/mol. The van der Waals surface area contributed by atoms with Gasteiger partial charge in [-0.15, -0.1) is 0 Å². The minimum Gasteiger partial charge on any atom is -0.456 e. The number of sulfone groups is 1. The van der Waals surface area contributed by atoms with Gasteiger partial charge in [0.2, 0.25) is 9.84 Å². The van der Waals surface area contributed by atoms with Gasteiger partial charge in [0.05, 0.1) is 15.8 Å². The maximum Gasteiger partial charge on any atom is 0.207 e. The zero-order valence-electron chi connectivity index (χ0n) is 31.2. The van der Waals surface area contributed by atoms with Crippen LogP contribution < -0.4 is 0 Å². The minimum atomic E-state index is -3.80. The van der Waals surface area contributed by atoms with Crippen molar-refractivity contribution in [2.75, 3.05) is 0 Å². The third-order valence-electron chi connectivity index (χ3n) is 10.1. The van der Waals surface area contributed by atoms with Crippen molar-refractivity contribution in [1.82, 2.24) is 0 Å². The maximum atomic E-state index is 14.2. The minimum absolute atomic E-state index is 0.241. The zero-order valence-corrected chi connectivity index (χ0v) is 32.0. The lowest BCUT2D eigenvalue weighted by molar-refractivity contribution is 0.598. The summed E-state index contributed by atoms with van der Waals surface area (Å²) in [6, 6.07) is 53.5. The van der Waals surface area contributed by atoms with Crippen LogP contribution in [0.3, 0.4) is 0 Å². The summed E-state index contributed by atoms with van der Waals surface area (Å²) >= 11 is 0. The smallest absolute Gasteiger partial charge is 0.207 e. The van der Waals surface area contributed by atoms with E-state index in [1.807, 2.05) is 125 Å².